The predicted molar refractivity (Wildman–Crippen MR) is 82.5 cm³/mol. The van der Waals surface area contributed by atoms with Crippen molar-refractivity contribution in [2.45, 2.75) is 17.9 Å². The summed E-state index contributed by atoms with van der Waals surface area (Å²) in [4.78, 5) is 22.7. The zero-order valence-corrected chi connectivity index (χ0v) is 14.0. The molecule has 23 heavy (non-hydrogen) atoms. The first-order valence-electron chi connectivity index (χ1n) is 6.79. The molecule has 0 aliphatic rings. The average molecular weight is 344 g/mol. The van der Waals surface area contributed by atoms with Gasteiger partial charge in [0.15, 0.2) is 6.61 Å². The van der Waals surface area contributed by atoms with Gasteiger partial charge in [0, 0.05) is 20.2 Å². The third-order valence-corrected chi connectivity index (χ3v) is 4.39. The predicted octanol–water partition coefficient (Wildman–Crippen LogP) is -0.0974. The number of sulfonamides is 1. The van der Waals surface area contributed by atoms with Crippen LogP contribution in [0.25, 0.3) is 0 Å². The number of benzene rings is 1. The molecule has 0 radical (unpaired) electrons. The Balaban J connectivity index is 2.75. The maximum absolute atomic E-state index is 12.1. The zero-order chi connectivity index (χ0) is 17.5. The number of nitrogens with one attached hydrogen (secondary N) is 2. The Morgan fingerprint density at radius 1 is 1.22 bits per heavy atom. The van der Waals surface area contributed by atoms with Crippen LogP contribution in [0, 0.1) is 0 Å². The molecule has 1 aromatic rings. The second-order valence-corrected chi connectivity index (χ2v) is 6.47. The molecular weight excluding hydrogens is 324 g/mol. The number of esters is 1. The minimum atomic E-state index is -3.70. The molecule has 0 fully saturated rings. The molecule has 0 saturated carbocycles. The van der Waals surface area contributed by atoms with Crippen LogP contribution in [0.15, 0.2) is 29.2 Å². The van der Waals surface area contributed by atoms with Crippen molar-refractivity contribution in [3.8, 4) is 0 Å². The van der Waals surface area contributed by atoms with E-state index in [2.05, 4.69) is 10.0 Å². The molecule has 128 valence electrons. The van der Waals surface area contributed by atoms with Crippen LogP contribution in [0.4, 0.5) is 0 Å². The Labute approximate surface area is 135 Å². The fourth-order valence-corrected chi connectivity index (χ4v) is 2.90. The van der Waals surface area contributed by atoms with Gasteiger partial charge in [-0.05, 0) is 31.2 Å². The summed E-state index contributed by atoms with van der Waals surface area (Å²) in [6.45, 7) is 1.51. The summed E-state index contributed by atoms with van der Waals surface area (Å²) >= 11 is 0. The zero-order valence-electron chi connectivity index (χ0n) is 13.2. The lowest BCUT2D eigenvalue weighted by Crippen LogP contribution is -2.35. The molecule has 0 unspecified atom stereocenters. The lowest BCUT2D eigenvalue weighted by molar-refractivity contribution is -0.123. The SMILES string of the molecule is CNC(=O)COC(=O)c1ccc(S(=O)(=O)N[C@H](C)COC)cc1. The molecule has 9 heteroatoms. The number of ether oxygens (including phenoxy) is 2. The molecule has 2 N–H and O–H groups in total. The van der Waals surface area contributed by atoms with E-state index in [0.717, 1.165) is 0 Å². The summed E-state index contributed by atoms with van der Waals surface area (Å²) in [6, 6.07) is 4.84. The number of amides is 1. The van der Waals surface area contributed by atoms with E-state index in [1.165, 1.54) is 38.4 Å². The Bertz CT molecular complexity index is 642. The van der Waals surface area contributed by atoms with Gasteiger partial charge in [0.05, 0.1) is 17.1 Å². The standard InChI is InChI=1S/C14H20N2O6S/c1-10(8-21-3)16-23(19,20)12-6-4-11(5-7-12)14(18)22-9-13(17)15-2/h4-7,10,16H,8-9H2,1-3H3,(H,15,17)/t10-/m1/s1. The molecule has 0 aliphatic carbocycles. The van der Waals surface area contributed by atoms with Gasteiger partial charge in [-0.25, -0.2) is 17.9 Å². The largest absolute Gasteiger partial charge is 0.452 e. The van der Waals surface area contributed by atoms with Crippen LogP contribution in [0.5, 0.6) is 0 Å². The van der Waals surface area contributed by atoms with Crippen molar-refractivity contribution < 1.29 is 27.5 Å². The van der Waals surface area contributed by atoms with Gasteiger partial charge in [0.25, 0.3) is 5.91 Å². The molecule has 0 heterocycles. The number of likely N-dealkylation sites (N-methyl/N-ethyl adjacent to an activating group) is 1. The topological polar surface area (TPSA) is 111 Å². The van der Waals surface area contributed by atoms with E-state index in [9.17, 15) is 18.0 Å². The van der Waals surface area contributed by atoms with E-state index in [-0.39, 0.29) is 23.1 Å². The van der Waals surface area contributed by atoms with Crippen LogP contribution in [-0.2, 0) is 24.3 Å². The summed E-state index contributed by atoms with van der Waals surface area (Å²) in [5.74, 6) is -1.15. The Morgan fingerprint density at radius 2 is 1.83 bits per heavy atom. The Hall–Kier alpha value is -1.97. The number of hydrogen-bond acceptors (Lipinski definition) is 6. The second kappa shape index (κ2) is 8.61. The highest BCUT2D eigenvalue weighted by Gasteiger charge is 2.18. The maximum atomic E-state index is 12.1. The van der Waals surface area contributed by atoms with Crippen molar-refractivity contribution in [1.29, 1.82) is 0 Å². The van der Waals surface area contributed by atoms with E-state index < -0.39 is 28.5 Å². The number of carbonyl (C=O) groups is 2. The van der Waals surface area contributed by atoms with Crippen molar-refractivity contribution in [1.82, 2.24) is 10.0 Å². The summed E-state index contributed by atoms with van der Waals surface area (Å²) in [6.07, 6.45) is 0. The Kier molecular flexibility index (Phi) is 7.14. The third kappa shape index (κ3) is 5.97. The smallest absolute Gasteiger partial charge is 0.338 e. The highest BCUT2D eigenvalue weighted by molar-refractivity contribution is 7.89. The number of carbonyl (C=O) groups excluding carboxylic acids is 2. The second-order valence-electron chi connectivity index (χ2n) is 4.75. The molecule has 0 saturated heterocycles. The van der Waals surface area contributed by atoms with Crippen LogP contribution in [0.2, 0.25) is 0 Å². The van der Waals surface area contributed by atoms with Gasteiger partial charge in [-0.2, -0.15) is 0 Å². The first kappa shape index (κ1) is 19.1. The van der Waals surface area contributed by atoms with Crippen LogP contribution >= 0.6 is 0 Å². The normalized spacial score (nSPS) is 12.5. The maximum Gasteiger partial charge on any atom is 0.338 e. The number of hydrogen-bond donors (Lipinski definition) is 2. The fraction of sp³-hybridized carbons (Fsp3) is 0.429. The van der Waals surface area contributed by atoms with Crippen molar-refractivity contribution in [3.05, 3.63) is 29.8 Å². The van der Waals surface area contributed by atoms with Crippen molar-refractivity contribution in [2.24, 2.45) is 0 Å². The molecule has 0 spiro atoms. The number of methoxy groups -OCH3 is 1. The van der Waals surface area contributed by atoms with Crippen molar-refractivity contribution >= 4 is 21.9 Å². The average Bonchev–Trinajstić information content (AvgIpc) is 2.52. The van der Waals surface area contributed by atoms with Gasteiger partial charge in [-0.3, -0.25) is 4.79 Å². The molecular formula is C14H20N2O6S. The van der Waals surface area contributed by atoms with Crippen molar-refractivity contribution in [2.75, 3.05) is 27.4 Å². The van der Waals surface area contributed by atoms with Gasteiger partial charge >= 0.3 is 5.97 Å². The minimum absolute atomic E-state index is 0.0169. The summed E-state index contributed by atoms with van der Waals surface area (Å²) in [5, 5.41) is 2.32. The van der Waals surface area contributed by atoms with E-state index in [4.69, 9.17) is 9.47 Å². The van der Waals surface area contributed by atoms with Gasteiger partial charge in [0.2, 0.25) is 10.0 Å². The molecule has 1 rings (SSSR count). The van der Waals surface area contributed by atoms with Gasteiger partial charge in [-0.15, -0.1) is 0 Å². The monoisotopic (exact) mass is 344 g/mol. The van der Waals surface area contributed by atoms with E-state index >= 15 is 0 Å². The molecule has 1 atom stereocenters. The van der Waals surface area contributed by atoms with E-state index in [0.29, 0.717) is 0 Å². The highest BCUT2D eigenvalue weighted by Crippen LogP contribution is 2.12. The van der Waals surface area contributed by atoms with Gasteiger partial charge in [-0.1, -0.05) is 0 Å². The lowest BCUT2D eigenvalue weighted by atomic mass is 10.2. The quantitative estimate of drug-likeness (QED) is 0.637. The molecule has 8 nitrogen and oxygen atoms in total. The molecule has 0 aliphatic heterocycles. The fourth-order valence-electron chi connectivity index (χ4n) is 1.67. The van der Waals surface area contributed by atoms with Crippen LogP contribution in [0.1, 0.15) is 17.3 Å². The minimum Gasteiger partial charge on any atom is -0.452 e. The first-order valence-corrected chi connectivity index (χ1v) is 8.27. The summed E-state index contributed by atoms with van der Waals surface area (Å²) in [5.41, 5.74) is 0.151. The first-order chi connectivity index (χ1) is 10.8. The van der Waals surface area contributed by atoms with E-state index in [1.54, 1.807) is 6.92 Å². The molecule has 0 bridgehead atoms. The van der Waals surface area contributed by atoms with Gasteiger partial charge < -0.3 is 14.8 Å². The summed E-state index contributed by atoms with van der Waals surface area (Å²) < 4.78 is 36.3. The molecule has 1 aromatic carbocycles. The van der Waals surface area contributed by atoms with Crippen LogP contribution < -0.4 is 10.0 Å². The Morgan fingerprint density at radius 3 is 2.35 bits per heavy atom. The van der Waals surface area contributed by atoms with Gasteiger partial charge in [0.1, 0.15) is 0 Å². The van der Waals surface area contributed by atoms with E-state index in [1.807, 2.05) is 0 Å². The highest BCUT2D eigenvalue weighted by atomic mass is 32.2. The molecule has 1 amide bonds. The third-order valence-electron chi connectivity index (χ3n) is 2.79. The van der Waals surface area contributed by atoms with Crippen molar-refractivity contribution in [3.63, 3.8) is 0 Å². The van der Waals surface area contributed by atoms with Crippen LogP contribution in [-0.4, -0.2) is 53.7 Å². The lowest BCUT2D eigenvalue weighted by Gasteiger charge is -2.13. The van der Waals surface area contributed by atoms with Crippen LogP contribution in [0.3, 0.4) is 0 Å². The summed E-state index contributed by atoms with van der Waals surface area (Å²) in [7, 11) is -0.800. The number of rotatable bonds is 8. The molecule has 0 aromatic heterocycles.